The highest BCUT2D eigenvalue weighted by Gasteiger charge is 2.43. The molecule has 0 spiro atoms. The molecule has 2 atom stereocenters. The van der Waals surface area contributed by atoms with Gasteiger partial charge in [-0.15, -0.1) is 0 Å². The van der Waals surface area contributed by atoms with Crippen molar-refractivity contribution in [2.75, 3.05) is 19.6 Å². The first-order valence-electron chi connectivity index (χ1n) is 7.79. The van der Waals surface area contributed by atoms with Gasteiger partial charge >= 0.3 is 5.69 Å². The van der Waals surface area contributed by atoms with Gasteiger partial charge in [0.25, 0.3) is 0 Å². The lowest BCUT2D eigenvalue weighted by atomic mass is 10.1. The molecule has 1 N–H and O–H groups in total. The number of aryl methyl sites for hydroxylation is 2. The lowest BCUT2D eigenvalue weighted by molar-refractivity contribution is 0.383. The van der Waals surface area contributed by atoms with E-state index in [9.17, 15) is 13.2 Å². The van der Waals surface area contributed by atoms with Crippen LogP contribution >= 0.6 is 0 Å². The minimum absolute atomic E-state index is 0.0512. The fraction of sp³-hybridized carbons (Fsp3) is 0.533. The van der Waals surface area contributed by atoms with Crippen molar-refractivity contribution >= 4 is 21.1 Å². The molecule has 2 fully saturated rings. The van der Waals surface area contributed by atoms with Crippen molar-refractivity contribution in [1.82, 2.24) is 18.8 Å². The summed E-state index contributed by atoms with van der Waals surface area (Å²) in [6, 6.07) is 4.98. The molecule has 0 saturated carbocycles. The summed E-state index contributed by atoms with van der Waals surface area (Å²) in [6.45, 7) is 2.18. The van der Waals surface area contributed by atoms with Crippen LogP contribution in [0.3, 0.4) is 0 Å². The summed E-state index contributed by atoms with van der Waals surface area (Å²) in [6.07, 6.45) is 0.906. The van der Waals surface area contributed by atoms with Crippen LogP contribution in [0.5, 0.6) is 0 Å². The molecule has 2 aliphatic rings. The van der Waals surface area contributed by atoms with Crippen LogP contribution in [-0.4, -0.2) is 47.5 Å². The third-order valence-electron chi connectivity index (χ3n) is 5.24. The zero-order chi connectivity index (χ0) is 16.4. The molecule has 124 valence electrons. The maximum absolute atomic E-state index is 13.0. The van der Waals surface area contributed by atoms with E-state index in [0.29, 0.717) is 18.0 Å². The number of fused-ring (bicyclic) bond motifs is 2. The normalized spacial score (nSPS) is 25.3. The van der Waals surface area contributed by atoms with Crippen molar-refractivity contribution in [3.8, 4) is 0 Å². The lowest BCUT2D eigenvalue weighted by Gasteiger charge is -2.22. The second-order valence-electron chi connectivity index (χ2n) is 6.44. The van der Waals surface area contributed by atoms with E-state index < -0.39 is 10.0 Å². The Morgan fingerprint density at radius 2 is 1.87 bits per heavy atom. The van der Waals surface area contributed by atoms with Gasteiger partial charge in [-0.3, -0.25) is 9.13 Å². The van der Waals surface area contributed by atoms with Crippen LogP contribution < -0.4 is 11.0 Å². The molecule has 0 bridgehead atoms. The predicted molar refractivity (Wildman–Crippen MR) is 86.8 cm³/mol. The summed E-state index contributed by atoms with van der Waals surface area (Å²) >= 11 is 0. The number of hydrogen-bond donors (Lipinski definition) is 1. The summed E-state index contributed by atoms with van der Waals surface area (Å²) in [5, 5.41) is 3.27. The number of aromatic nitrogens is 2. The zero-order valence-corrected chi connectivity index (χ0v) is 14.0. The predicted octanol–water partition coefficient (Wildman–Crippen LogP) is -0.141. The molecular formula is C15H20N4O3S. The smallest absolute Gasteiger partial charge is 0.315 e. The molecule has 2 aliphatic heterocycles. The average Bonchev–Trinajstić information content (AvgIpc) is 3.19. The van der Waals surface area contributed by atoms with Crippen LogP contribution in [0.2, 0.25) is 0 Å². The molecular weight excluding hydrogens is 316 g/mol. The average molecular weight is 336 g/mol. The molecule has 0 radical (unpaired) electrons. The minimum Gasteiger partial charge on any atom is -0.315 e. The minimum atomic E-state index is -3.54. The molecule has 0 unspecified atom stereocenters. The number of nitrogens with zero attached hydrogens (tertiary/aromatic N) is 3. The fourth-order valence-corrected chi connectivity index (χ4v) is 5.61. The van der Waals surface area contributed by atoms with Crippen molar-refractivity contribution < 1.29 is 8.42 Å². The Hall–Kier alpha value is -1.64. The Morgan fingerprint density at radius 3 is 2.65 bits per heavy atom. The van der Waals surface area contributed by atoms with Crippen LogP contribution in [0, 0.1) is 5.92 Å². The van der Waals surface area contributed by atoms with Crippen molar-refractivity contribution in [1.29, 1.82) is 0 Å². The number of nitrogens with one attached hydrogen (secondary N) is 1. The molecule has 1 aromatic carbocycles. The topological polar surface area (TPSA) is 76.3 Å². The molecule has 0 amide bonds. The van der Waals surface area contributed by atoms with Crippen molar-refractivity contribution in [3.63, 3.8) is 0 Å². The Balaban J connectivity index is 1.82. The monoisotopic (exact) mass is 336 g/mol. The van der Waals surface area contributed by atoms with Crippen molar-refractivity contribution in [2.45, 2.75) is 17.4 Å². The van der Waals surface area contributed by atoms with Gasteiger partial charge in [0.1, 0.15) is 0 Å². The van der Waals surface area contributed by atoms with Gasteiger partial charge in [-0.1, -0.05) is 0 Å². The molecule has 3 heterocycles. The number of benzene rings is 1. The number of sulfonamides is 1. The van der Waals surface area contributed by atoms with Gasteiger partial charge in [-0.25, -0.2) is 13.2 Å². The van der Waals surface area contributed by atoms with E-state index in [2.05, 4.69) is 5.32 Å². The molecule has 2 aromatic rings. The van der Waals surface area contributed by atoms with Gasteiger partial charge in [0.05, 0.1) is 15.9 Å². The zero-order valence-electron chi connectivity index (χ0n) is 13.2. The van der Waals surface area contributed by atoms with E-state index >= 15 is 0 Å². The number of imidazole rings is 1. The molecule has 2 saturated heterocycles. The summed E-state index contributed by atoms with van der Waals surface area (Å²) in [5.41, 5.74) is 1.22. The first-order chi connectivity index (χ1) is 10.9. The van der Waals surface area contributed by atoms with E-state index in [0.717, 1.165) is 25.0 Å². The Labute approximate surface area is 134 Å². The summed E-state index contributed by atoms with van der Waals surface area (Å²) in [5.74, 6) is 0.412. The molecule has 23 heavy (non-hydrogen) atoms. The van der Waals surface area contributed by atoms with Gasteiger partial charge in [0.2, 0.25) is 10.0 Å². The van der Waals surface area contributed by atoms with Gasteiger partial charge in [0.15, 0.2) is 0 Å². The maximum Gasteiger partial charge on any atom is 0.328 e. The van der Waals surface area contributed by atoms with E-state index in [1.54, 1.807) is 36.6 Å². The van der Waals surface area contributed by atoms with Crippen LogP contribution in [0.25, 0.3) is 11.0 Å². The highest BCUT2D eigenvalue weighted by molar-refractivity contribution is 7.89. The highest BCUT2D eigenvalue weighted by atomic mass is 32.2. The maximum atomic E-state index is 13.0. The second-order valence-corrected chi connectivity index (χ2v) is 8.33. The van der Waals surface area contributed by atoms with E-state index in [4.69, 9.17) is 0 Å². The summed E-state index contributed by atoms with van der Waals surface area (Å²) in [7, 11) is -0.187. The Bertz CT molecular complexity index is 944. The summed E-state index contributed by atoms with van der Waals surface area (Å²) < 4.78 is 30.7. The van der Waals surface area contributed by atoms with Gasteiger partial charge in [-0.05, 0) is 37.1 Å². The van der Waals surface area contributed by atoms with Crippen LogP contribution in [-0.2, 0) is 24.1 Å². The third-order valence-corrected chi connectivity index (χ3v) is 7.16. The van der Waals surface area contributed by atoms with Crippen molar-refractivity contribution in [2.24, 2.45) is 20.0 Å². The van der Waals surface area contributed by atoms with E-state index in [1.807, 2.05) is 0 Å². The van der Waals surface area contributed by atoms with Gasteiger partial charge in [-0.2, -0.15) is 4.31 Å². The first kappa shape index (κ1) is 14.9. The Kier molecular flexibility index (Phi) is 3.20. The Morgan fingerprint density at radius 1 is 1.13 bits per heavy atom. The van der Waals surface area contributed by atoms with Crippen LogP contribution in [0.1, 0.15) is 6.42 Å². The highest BCUT2D eigenvalue weighted by Crippen LogP contribution is 2.32. The van der Waals surface area contributed by atoms with Gasteiger partial charge < -0.3 is 5.32 Å². The first-order valence-corrected chi connectivity index (χ1v) is 9.23. The molecule has 8 heteroatoms. The second kappa shape index (κ2) is 4.93. The number of rotatable bonds is 2. The van der Waals surface area contributed by atoms with Crippen LogP contribution in [0.4, 0.5) is 0 Å². The standard InChI is InChI=1S/C15H20N4O3S/c1-17-12-4-3-11(7-13(12)18(2)15(17)20)23(21,22)19-6-5-10-8-16-9-14(10)19/h3-4,7,10,14,16H,5-6,8-9H2,1-2H3/t10-,14+/m0/s1. The fourth-order valence-electron chi connectivity index (χ4n) is 3.89. The number of hydrogen-bond acceptors (Lipinski definition) is 4. The quantitative estimate of drug-likeness (QED) is 0.828. The van der Waals surface area contributed by atoms with Crippen molar-refractivity contribution in [3.05, 3.63) is 28.7 Å². The summed E-state index contributed by atoms with van der Waals surface area (Å²) in [4.78, 5) is 12.3. The third kappa shape index (κ3) is 2.02. The largest absolute Gasteiger partial charge is 0.328 e. The van der Waals surface area contributed by atoms with E-state index in [-0.39, 0.29) is 16.6 Å². The molecule has 7 nitrogen and oxygen atoms in total. The molecule has 1 aromatic heterocycles. The SMILES string of the molecule is Cn1c(=O)n(C)c2cc(S(=O)(=O)N3CC[C@H]4CNC[C@H]43)ccc21. The molecule has 4 rings (SSSR count). The van der Waals surface area contributed by atoms with Crippen LogP contribution in [0.15, 0.2) is 27.9 Å². The van der Waals surface area contributed by atoms with E-state index in [1.165, 1.54) is 9.13 Å². The molecule has 0 aliphatic carbocycles. The van der Waals surface area contributed by atoms with Gasteiger partial charge in [0, 0.05) is 33.2 Å². The lowest BCUT2D eigenvalue weighted by Crippen LogP contribution is -2.39.